The van der Waals surface area contributed by atoms with Crippen molar-refractivity contribution in [2.24, 2.45) is 0 Å². The molecule has 1 aromatic heterocycles. The largest absolute Gasteiger partial charge is 0.416 e. The van der Waals surface area contributed by atoms with E-state index < -0.39 is 29.0 Å². The Kier molecular flexibility index (Phi) is 6.48. The fourth-order valence-electron chi connectivity index (χ4n) is 3.51. The number of unbranched alkanes of at least 4 members (excludes halogenated alkanes) is 1. The van der Waals surface area contributed by atoms with Crippen LogP contribution in [0.4, 0.5) is 17.6 Å². The molecule has 8 heteroatoms. The number of alkyl halides is 3. The van der Waals surface area contributed by atoms with E-state index >= 15 is 0 Å². The number of halogens is 4. The molecule has 0 saturated heterocycles. The van der Waals surface area contributed by atoms with Crippen LogP contribution in [0.3, 0.4) is 0 Å². The number of aryl methyl sites for hydroxylation is 2. The second-order valence-electron chi connectivity index (χ2n) is 7.35. The van der Waals surface area contributed by atoms with Gasteiger partial charge in [-0.3, -0.25) is 9.59 Å². The van der Waals surface area contributed by atoms with Crippen LogP contribution in [0, 0.1) is 12.7 Å². The fraction of sp³-hybridized carbons (Fsp3) is 0.304. The van der Waals surface area contributed by atoms with Crippen LogP contribution in [0.2, 0.25) is 0 Å². The first-order valence-corrected chi connectivity index (χ1v) is 9.90. The fourth-order valence-corrected chi connectivity index (χ4v) is 3.51. The van der Waals surface area contributed by atoms with Crippen molar-refractivity contribution in [1.82, 2.24) is 9.88 Å². The maximum Gasteiger partial charge on any atom is 0.416 e. The molecule has 31 heavy (non-hydrogen) atoms. The van der Waals surface area contributed by atoms with E-state index in [9.17, 15) is 27.2 Å². The summed E-state index contributed by atoms with van der Waals surface area (Å²) in [6, 6.07) is 8.87. The van der Waals surface area contributed by atoms with E-state index in [0.29, 0.717) is 22.9 Å². The second-order valence-corrected chi connectivity index (χ2v) is 7.35. The summed E-state index contributed by atoms with van der Waals surface area (Å²) in [5.41, 5.74) is -0.653. The first-order valence-electron chi connectivity index (χ1n) is 9.90. The number of rotatable bonds is 6. The van der Waals surface area contributed by atoms with Crippen molar-refractivity contribution in [2.45, 2.75) is 46.0 Å². The summed E-state index contributed by atoms with van der Waals surface area (Å²) >= 11 is 0. The highest BCUT2D eigenvalue weighted by molar-refractivity contribution is 6.00. The summed E-state index contributed by atoms with van der Waals surface area (Å²) in [7, 11) is 0. The van der Waals surface area contributed by atoms with E-state index in [2.05, 4.69) is 5.32 Å². The van der Waals surface area contributed by atoms with Crippen LogP contribution in [0.25, 0.3) is 10.9 Å². The number of fused-ring (bicyclic) bond motifs is 1. The molecule has 0 fully saturated rings. The molecule has 0 atom stereocenters. The SMILES string of the molecule is CCCCn1c(=O)c(C(=O)NCc2cccc(F)c2)c(C)c2ccc(C(F)(F)F)cc21. The number of aromatic nitrogens is 1. The van der Waals surface area contributed by atoms with Gasteiger partial charge in [-0.05, 0) is 48.7 Å². The molecule has 3 rings (SSSR count). The zero-order valence-electron chi connectivity index (χ0n) is 17.1. The van der Waals surface area contributed by atoms with Gasteiger partial charge in [-0.15, -0.1) is 0 Å². The van der Waals surface area contributed by atoms with Crippen molar-refractivity contribution in [3.8, 4) is 0 Å². The van der Waals surface area contributed by atoms with Gasteiger partial charge in [0.25, 0.3) is 11.5 Å². The van der Waals surface area contributed by atoms with Gasteiger partial charge in [-0.1, -0.05) is 31.5 Å². The highest BCUT2D eigenvalue weighted by Crippen LogP contribution is 2.32. The predicted octanol–water partition coefficient (Wildman–Crippen LogP) is 5.20. The van der Waals surface area contributed by atoms with Crippen LogP contribution in [-0.4, -0.2) is 10.5 Å². The molecule has 1 N–H and O–H groups in total. The minimum Gasteiger partial charge on any atom is -0.348 e. The van der Waals surface area contributed by atoms with Crippen molar-refractivity contribution >= 4 is 16.8 Å². The molecule has 164 valence electrons. The molecular weight excluding hydrogens is 412 g/mol. The van der Waals surface area contributed by atoms with Gasteiger partial charge in [-0.25, -0.2) is 4.39 Å². The maximum atomic E-state index is 13.4. The third kappa shape index (κ3) is 4.78. The van der Waals surface area contributed by atoms with Gasteiger partial charge in [0, 0.05) is 18.5 Å². The lowest BCUT2D eigenvalue weighted by molar-refractivity contribution is -0.137. The summed E-state index contributed by atoms with van der Waals surface area (Å²) in [4.78, 5) is 26.0. The number of hydrogen-bond acceptors (Lipinski definition) is 2. The lowest BCUT2D eigenvalue weighted by Gasteiger charge is -2.17. The Bertz CT molecular complexity index is 1180. The number of nitrogens with one attached hydrogen (secondary N) is 1. The van der Waals surface area contributed by atoms with Crippen LogP contribution < -0.4 is 10.9 Å². The normalized spacial score (nSPS) is 11.7. The van der Waals surface area contributed by atoms with E-state index in [-0.39, 0.29) is 24.2 Å². The van der Waals surface area contributed by atoms with Crippen LogP contribution in [-0.2, 0) is 19.3 Å². The third-order valence-electron chi connectivity index (χ3n) is 5.16. The molecule has 2 aromatic carbocycles. The molecule has 4 nitrogen and oxygen atoms in total. The first kappa shape index (κ1) is 22.5. The molecule has 0 aliphatic heterocycles. The molecule has 0 unspecified atom stereocenters. The second kappa shape index (κ2) is 8.91. The van der Waals surface area contributed by atoms with E-state index in [0.717, 1.165) is 18.6 Å². The number of nitrogens with zero attached hydrogens (tertiary/aromatic N) is 1. The average molecular weight is 434 g/mol. The number of pyridine rings is 1. The Morgan fingerprint density at radius 1 is 1.13 bits per heavy atom. The lowest BCUT2D eigenvalue weighted by Crippen LogP contribution is -2.34. The molecule has 3 aromatic rings. The first-order chi connectivity index (χ1) is 14.6. The monoisotopic (exact) mass is 434 g/mol. The Labute approximate surface area is 176 Å². The molecule has 0 aliphatic rings. The summed E-state index contributed by atoms with van der Waals surface area (Å²) in [6.45, 7) is 3.64. The van der Waals surface area contributed by atoms with Crippen LogP contribution in [0.5, 0.6) is 0 Å². The standard InChI is InChI=1S/C23H22F4N2O2/c1-3-4-10-29-19-12-16(23(25,26)27)8-9-18(19)14(2)20(22(29)31)21(30)28-13-15-6-5-7-17(24)11-15/h5-9,11-12H,3-4,10,13H2,1-2H3,(H,28,30). The predicted molar refractivity (Wildman–Crippen MR) is 110 cm³/mol. The molecule has 1 heterocycles. The Morgan fingerprint density at radius 2 is 1.87 bits per heavy atom. The van der Waals surface area contributed by atoms with E-state index in [1.807, 2.05) is 6.92 Å². The zero-order valence-corrected chi connectivity index (χ0v) is 17.1. The van der Waals surface area contributed by atoms with E-state index in [4.69, 9.17) is 0 Å². The van der Waals surface area contributed by atoms with E-state index in [1.165, 1.54) is 35.8 Å². The Morgan fingerprint density at radius 3 is 2.52 bits per heavy atom. The molecule has 0 spiro atoms. The van der Waals surface area contributed by atoms with Gasteiger partial charge in [-0.2, -0.15) is 13.2 Å². The van der Waals surface area contributed by atoms with Crippen LogP contribution in [0.15, 0.2) is 47.3 Å². The summed E-state index contributed by atoms with van der Waals surface area (Å²) in [5.74, 6) is -1.10. The number of benzene rings is 2. The Balaban J connectivity index is 2.08. The molecular formula is C23H22F4N2O2. The van der Waals surface area contributed by atoms with Crippen LogP contribution >= 0.6 is 0 Å². The van der Waals surface area contributed by atoms with E-state index in [1.54, 1.807) is 6.07 Å². The molecule has 0 bridgehead atoms. The minimum absolute atomic E-state index is 0.00941. The Hall–Kier alpha value is -3.16. The number of carbonyl (C=O) groups is 1. The highest BCUT2D eigenvalue weighted by atomic mass is 19.4. The van der Waals surface area contributed by atoms with Crippen molar-refractivity contribution < 1.29 is 22.4 Å². The maximum absolute atomic E-state index is 13.4. The summed E-state index contributed by atoms with van der Waals surface area (Å²) < 4.78 is 54.3. The van der Waals surface area contributed by atoms with Crippen molar-refractivity contribution in [3.63, 3.8) is 0 Å². The smallest absolute Gasteiger partial charge is 0.348 e. The van der Waals surface area contributed by atoms with Gasteiger partial charge < -0.3 is 9.88 Å². The van der Waals surface area contributed by atoms with Gasteiger partial charge >= 0.3 is 6.18 Å². The van der Waals surface area contributed by atoms with Crippen molar-refractivity contribution in [3.05, 3.63) is 80.9 Å². The topological polar surface area (TPSA) is 51.1 Å². The number of carbonyl (C=O) groups excluding carboxylic acids is 1. The van der Waals surface area contributed by atoms with Gasteiger partial charge in [0.2, 0.25) is 0 Å². The minimum atomic E-state index is -4.55. The average Bonchev–Trinajstić information content (AvgIpc) is 2.71. The molecule has 0 saturated carbocycles. The third-order valence-corrected chi connectivity index (χ3v) is 5.16. The van der Waals surface area contributed by atoms with Gasteiger partial charge in [0.15, 0.2) is 0 Å². The number of hydrogen-bond donors (Lipinski definition) is 1. The summed E-state index contributed by atoms with van der Waals surface area (Å²) in [6.07, 6.45) is -3.25. The summed E-state index contributed by atoms with van der Waals surface area (Å²) in [5, 5.41) is 3.01. The van der Waals surface area contributed by atoms with Crippen molar-refractivity contribution in [2.75, 3.05) is 0 Å². The molecule has 1 amide bonds. The van der Waals surface area contributed by atoms with Crippen LogP contribution in [0.1, 0.15) is 46.8 Å². The zero-order chi connectivity index (χ0) is 22.8. The highest BCUT2D eigenvalue weighted by Gasteiger charge is 2.31. The number of amides is 1. The van der Waals surface area contributed by atoms with Gasteiger partial charge in [0.05, 0.1) is 11.1 Å². The van der Waals surface area contributed by atoms with Gasteiger partial charge in [0.1, 0.15) is 11.4 Å². The lowest BCUT2D eigenvalue weighted by atomic mass is 10.0. The molecule has 0 aliphatic carbocycles. The quantitative estimate of drug-likeness (QED) is 0.543. The molecule has 0 radical (unpaired) electrons. The van der Waals surface area contributed by atoms with Crippen molar-refractivity contribution in [1.29, 1.82) is 0 Å².